The molecular formula is C16H32. The van der Waals surface area contributed by atoms with Gasteiger partial charge in [0.05, 0.1) is 0 Å². The molecule has 0 spiro atoms. The van der Waals surface area contributed by atoms with E-state index in [1.807, 2.05) is 0 Å². The molecule has 0 heteroatoms. The lowest BCUT2D eigenvalue weighted by Crippen LogP contribution is -2.17. The van der Waals surface area contributed by atoms with Crippen LogP contribution in [0.5, 0.6) is 0 Å². The predicted octanol–water partition coefficient (Wildman–Crippen LogP) is 5.52. The van der Waals surface area contributed by atoms with Gasteiger partial charge in [0.15, 0.2) is 0 Å². The molecule has 0 saturated heterocycles. The smallest absolute Gasteiger partial charge is 0.0269 e. The Kier molecular flexibility index (Phi) is 4.13. The van der Waals surface area contributed by atoms with Crippen molar-refractivity contribution >= 4 is 0 Å². The summed E-state index contributed by atoms with van der Waals surface area (Å²) in [6.07, 6.45) is 5.55. The summed E-state index contributed by atoms with van der Waals surface area (Å²) >= 11 is 0. The SMILES string of the molecule is CCC(C)CC(C)(C)CCC1(C)C(C)C1C. The highest BCUT2D eigenvalue weighted by molar-refractivity contribution is 5.03. The highest BCUT2D eigenvalue weighted by atomic mass is 14.6. The second-order valence-corrected chi connectivity index (χ2v) is 7.46. The van der Waals surface area contributed by atoms with Crippen molar-refractivity contribution in [2.75, 3.05) is 0 Å². The lowest BCUT2D eigenvalue weighted by molar-refractivity contribution is 0.223. The molecule has 0 amide bonds. The van der Waals surface area contributed by atoms with Crippen molar-refractivity contribution < 1.29 is 0 Å². The van der Waals surface area contributed by atoms with Gasteiger partial charge in [-0.15, -0.1) is 0 Å². The Morgan fingerprint density at radius 2 is 1.69 bits per heavy atom. The first-order valence-corrected chi connectivity index (χ1v) is 7.23. The Labute approximate surface area is 103 Å². The van der Waals surface area contributed by atoms with Gasteiger partial charge in [-0.2, -0.15) is 0 Å². The van der Waals surface area contributed by atoms with Crippen molar-refractivity contribution in [1.29, 1.82) is 0 Å². The maximum Gasteiger partial charge on any atom is -0.0269 e. The molecule has 0 bridgehead atoms. The average Bonchev–Trinajstić information content (AvgIpc) is 2.67. The van der Waals surface area contributed by atoms with Crippen molar-refractivity contribution in [2.24, 2.45) is 28.6 Å². The summed E-state index contributed by atoms with van der Waals surface area (Å²) < 4.78 is 0. The van der Waals surface area contributed by atoms with Crippen molar-refractivity contribution in [3.8, 4) is 0 Å². The molecule has 1 aliphatic carbocycles. The fourth-order valence-electron chi connectivity index (χ4n) is 3.32. The average molecular weight is 224 g/mol. The molecule has 1 aliphatic rings. The molecule has 0 nitrogen and oxygen atoms in total. The minimum Gasteiger partial charge on any atom is -0.0651 e. The third-order valence-corrected chi connectivity index (χ3v) is 5.66. The van der Waals surface area contributed by atoms with E-state index in [2.05, 4.69) is 48.5 Å². The molecule has 0 aliphatic heterocycles. The maximum atomic E-state index is 2.49. The van der Waals surface area contributed by atoms with Crippen LogP contribution in [0.3, 0.4) is 0 Å². The fourth-order valence-corrected chi connectivity index (χ4v) is 3.32. The van der Waals surface area contributed by atoms with E-state index in [9.17, 15) is 0 Å². The van der Waals surface area contributed by atoms with Gasteiger partial charge in [0.25, 0.3) is 0 Å². The zero-order valence-electron chi connectivity index (χ0n) is 12.6. The highest BCUT2D eigenvalue weighted by Crippen LogP contribution is 2.61. The zero-order valence-corrected chi connectivity index (χ0v) is 12.6. The fraction of sp³-hybridized carbons (Fsp3) is 1.00. The lowest BCUT2D eigenvalue weighted by atomic mass is 9.76. The van der Waals surface area contributed by atoms with Crippen LogP contribution in [-0.2, 0) is 0 Å². The molecule has 3 unspecified atom stereocenters. The third kappa shape index (κ3) is 3.02. The monoisotopic (exact) mass is 224 g/mol. The van der Waals surface area contributed by atoms with Gasteiger partial charge in [0.2, 0.25) is 0 Å². The zero-order chi connectivity index (χ0) is 12.6. The van der Waals surface area contributed by atoms with Crippen LogP contribution in [0.15, 0.2) is 0 Å². The van der Waals surface area contributed by atoms with Crippen molar-refractivity contribution in [2.45, 2.75) is 74.1 Å². The summed E-state index contributed by atoms with van der Waals surface area (Å²) in [4.78, 5) is 0. The van der Waals surface area contributed by atoms with Gasteiger partial charge < -0.3 is 0 Å². The van der Waals surface area contributed by atoms with Crippen molar-refractivity contribution in [3.05, 3.63) is 0 Å². The lowest BCUT2D eigenvalue weighted by Gasteiger charge is -2.29. The summed E-state index contributed by atoms with van der Waals surface area (Å²) in [7, 11) is 0. The summed E-state index contributed by atoms with van der Waals surface area (Å²) in [6.45, 7) is 17.0. The summed E-state index contributed by atoms with van der Waals surface area (Å²) in [6, 6.07) is 0. The quantitative estimate of drug-likeness (QED) is 0.557. The summed E-state index contributed by atoms with van der Waals surface area (Å²) in [5, 5.41) is 0. The molecule has 0 radical (unpaired) electrons. The van der Waals surface area contributed by atoms with E-state index < -0.39 is 0 Å². The highest BCUT2D eigenvalue weighted by Gasteiger charge is 2.54. The second kappa shape index (κ2) is 4.70. The Morgan fingerprint density at radius 3 is 2.06 bits per heavy atom. The molecule has 3 atom stereocenters. The van der Waals surface area contributed by atoms with E-state index >= 15 is 0 Å². The Bertz CT molecular complexity index is 218. The molecule has 96 valence electrons. The molecule has 0 aromatic heterocycles. The van der Waals surface area contributed by atoms with E-state index in [0.29, 0.717) is 10.8 Å². The molecule has 0 N–H and O–H groups in total. The first kappa shape index (κ1) is 14.1. The topological polar surface area (TPSA) is 0 Å². The molecule has 0 aromatic carbocycles. The van der Waals surface area contributed by atoms with Crippen LogP contribution in [0, 0.1) is 28.6 Å². The summed E-state index contributed by atoms with van der Waals surface area (Å²) in [5.41, 5.74) is 1.20. The predicted molar refractivity (Wildman–Crippen MR) is 73.5 cm³/mol. The van der Waals surface area contributed by atoms with Crippen LogP contribution >= 0.6 is 0 Å². The minimum absolute atomic E-state index is 0.542. The van der Waals surface area contributed by atoms with Gasteiger partial charge in [-0.25, -0.2) is 0 Å². The van der Waals surface area contributed by atoms with E-state index in [-0.39, 0.29) is 0 Å². The van der Waals surface area contributed by atoms with Crippen LogP contribution in [0.4, 0.5) is 0 Å². The van der Waals surface area contributed by atoms with Crippen molar-refractivity contribution in [1.82, 2.24) is 0 Å². The van der Waals surface area contributed by atoms with Crippen LogP contribution in [-0.4, -0.2) is 0 Å². The number of hydrogen-bond donors (Lipinski definition) is 0. The standard InChI is InChI=1S/C16H32/c1-8-12(2)11-15(5,6)9-10-16(7)13(3)14(16)4/h12-14H,8-11H2,1-7H3. The van der Waals surface area contributed by atoms with Gasteiger partial charge >= 0.3 is 0 Å². The van der Waals surface area contributed by atoms with Gasteiger partial charge in [0, 0.05) is 0 Å². The van der Waals surface area contributed by atoms with Crippen LogP contribution < -0.4 is 0 Å². The van der Waals surface area contributed by atoms with Gasteiger partial charge in [-0.05, 0) is 47.8 Å². The molecule has 0 aromatic rings. The van der Waals surface area contributed by atoms with Crippen LogP contribution in [0.2, 0.25) is 0 Å². The van der Waals surface area contributed by atoms with E-state index in [0.717, 1.165) is 17.8 Å². The normalized spacial score (nSPS) is 36.2. The Morgan fingerprint density at radius 1 is 1.19 bits per heavy atom. The van der Waals surface area contributed by atoms with E-state index in [1.54, 1.807) is 0 Å². The van der Waals surface area contributed by atoms with E-state index in [1.165, 1.54) is 25.7 Å². The minimum atomic E-state index is 0.542. The maximum absolute atomic E-state index is 2.49. The van der Waals surface area contributed by atoms with E-state index in [4.69, 9.17) is 0 Å². The molecule has 16 heavy (non-hydrogen) atoms. The van der Waals surface area contributed by atoms with Gasteiger partial charge in [-0.3, -0.25) is 0 Å². The first-order chi connectivity index (χ1) is 7.23. The second-order valence-electron chi connectivity index (χ2n) is 7.46. The molecule has 1 fully saturated rings. The van der Waals surface area contributed by atoms with Crippen LogP contribution in [0.1, 0.15) is 74.1 Å². The largest absolute Gasteiger partial charge is 0.0651 e. The molecular weight excluding hydrogens is 192 g/mol. The molecule has 1 rings (SSSR count). The first-order valence-electron chi connectivity index (χ1n) is 7.23. The third-order valence-electron chi connectivity index (χ3n) is 5.66. The number of rotatable bonds is 6. The Balaban J connectivity index is 2.37. The van der Waals surface area contributed by atoms with Crippen molar-refractivity contribution in [3.63, 3.8) is 0 Å². The van der Waals surface area contributed by atoms with Gasteiger partial charge in [0.1, 0.15) is 0 Å². The van der Waals surface area contributed by atoms with Crippen LogP contribution in [0.25, 0.3) is 0 Å². The molecule has 1 saturated carbocycles. The summed E-state index contributed by atoms with van der Waals surface area (Å²) in [5.74, 6) is 2.79. The Hall–Kier alpha value is 0. The molecule has 0 heterocycles. The van der Waals surface area contributed by atoms with Gasteiger partial charge in [-0.1, -0.05) is 54.9 Å². The number of hydrogen-bond acceptors (Lipinski definition) is 0.